The van der Waals surface area contributed by atoms with Crippen molar-refractivity contribution in [1.29, 1.82) is 0 Å². The van der Waals surface area contributed by atoms with Gasteiger partial charge in [0.2, 0.25) is 5.91 Å². The molecule has 0 aliphatic heterocycles. The molecule has 0 aliphatic carbocycles. The van der Waals surface area contributed by atoms with Gasteiger partial charge in [-0.3, -0.25) is 9.59 Å². The number of aromatic amines is 1. The number of rotatable bonds is 4. The summed E-state index contributed by atoms with van der Waals surface area (Å²) in [4.78, 5) is 31.8. The molecule has 24 heavy (non-hydrogen) atoms. The topological polar surface area (TPSA) is 74.8 Å². The van der Waals surface area contributed by atoms with Crippen molar-refractivity contribution in [3.63, 3.8) is 0 Å². The molecule has 0 unspecified atom stereocenters. The van der Waals surface area contributed by atoms with E-state index in [0.717, 1.165) is 11.8 Å². The highest BCUT2D eigenvalue weighted by molar-refractivity contribution is 8.00. The zero-order valence-electron chi connectivity index (χ0n) is 12.9. The van der Waals surface area contributed by atoms with Crippen LogP contribution in [-0.4, -0.2) is 21.1 Å². The van der Waals surface area contributed by atoms with E-state index in [2.05, 4.69) is 15.3 Å². The largest absolute Gasteiger partial charge is 0.325 e. The van der Waals surface area contributed by atoms with E-state index in [-0.39, 0.29) is 17.3 Å². The van der Waals surface area contributed by atoms with Gasteiger partial charge in [0.25, 0.3) is 5.56 Å². The van der Waals surface area contributed by atoms with Crippen LogP contribution in [0.25, 0.3) is 10.2 Å². The van der Waals surface area contributed by atoms with Crippen LogP contribution in [0.3, 0.4) is 0 Å². The Kier molecular flexibility index (Phi) is 4.68. The van der Waals surface area contributed by atoms with Crippen LogP contribution in [0.4, 0.5) is 10.1 Å². The number of carbonyl (C=O) groups excluding carboxylic acids is 1. The Bertz CT molecular complexity index is 967. The van der Waals surface area contributed by atoms with Crippen LogP contribution >= 0.6 is 23.1 Å². The van der Waals surface area contributed by atoms with E-state index in [1.165, 1.54) is 17.4 Å². The number of H-pyrrole nitrogens is 1. The average molecular weight is 363 g/mol. The number of carbonyl (C=O) groups is 1. The molecule has 0 saturated carbocycles. The monoisotopic (exact) mass is 363 g/mol. The predicted molar refractivity (Wildman–Crippen MR) is 95.3 cm³/mol. The fraction of sp³-hybridized carbons (Fsp3) is 0.188. The van der Waals surface area contributed by atoms with Gasteiger partial charge in [-0.25, -0.2) is 9.37 Å². The second kappa shape index (κ2) is 6.74. The number of hydrogen-bond acceptors (Lipinski definition) is 5. The van der Waals surface area contributed by atoms with Crippen molar-refractivity contribution >= 4 is 44.9 Å². The zero-order chi connectivity index (χ0) is 17.3. The third kappa shape index (κ3) is 3.49. The van der Waals surface area contributed by atoms with Crippen molar-refractivity contribution in [2.24, 2.45) is 0 Å². The summed E-state index contributed by atoms with van der Waals surface area (Å²) in [5.74, 6) is -0.667. The molecular weight excluding hydrogens is 349 g/mol. The smallest absolute Gasteiger partial charge is 0.260 e. The number of amides is 1. The van der Waals surface area contributed by atoms with E-state index in [1.807, 2.05) is 0 Å². The minimum atomic E-state index is -0.505. The first kappa shape index (κ1) is 16.7. The van der Waals surface area contributed by atoms with E-state index in [4.69, 9.17) is 0 Å². The molecule has 1 aromatic carbocycles. The molecule has 1 atom stereocenters. The minimum Gasteiger partial charge on any atom is -0.325 e. The number of thioether (sulfide) groups is 1. The number of nitrogens with zero attached hydrogens (tertiary/aromatic N) is 1. The maximum atomic E-state index is 13.5. The van der Waals surface area contributed by atoms with Crippen LogP contribution in [-0.2, 0) is 4.79 Å². The molecule has 3 rings (SSSR count). The number of fused-ring (bicyclic) bond motifs is 1. The Hall–Kier alpha value is -2.19. The SMILES string of the molecule is Cc1ccc(NC(=O)[C@H](C)Sc2nc3sccc3c(=O)[nH]2)cc1F. The second-order valence-corrected chi connectivity index (χ2v) is 7.45. The van der Waals surface area contributed by atoms with Gasteiger partial charge in [-0.15, -0.1) is 11.3 Å². The summed E-state index contributed by atoms with van der Waals surface area (Å²) in [6, 6.07) is 6.24. The summed E-state index contributed by atoms with van der Waals surface area (Å²) >= 11 is 2.51. The van der Waals surface area contributed by atoms with E-state index in [1.54, 1.807) is 37.4 Å². The number of hydrogen-bond donors (Lipinski definition) is 2. The number of benzene rings is 1. The van der Waals surface area contributed by atoms with Gasteiger partial charge in [-0.1, -0.05) is 17.8 Å². The molecule has 5 nitrogen and oxygen atoms in total. The van der Waals surface area contributed by atoms with Crippen molar-refractivity contribution in [3.8, 4) is 0 Å². The molecule has 0 spiro atoms. The van der Waals surface area contributed by atoms with E-state index in [0.29, 0.717) is 26.6 Å². The van der Waals surface area contributed by atoms with Crippen molar-refractivity contribution in [3.05, 3.63) is 51.4 Å². The quantitative estimate of drug-likeness (QED) is 0.549. The molecular formula is C16H14FN3O2S2. The molecule has 0 saturated heterocycles. The lowest BCUT2D eigenvalue weighted by Gasteiger charge is -2.11. The van der Waals surface area contributed by atoms with Crippen molar-refractivity contribution in [2.45, 2.75) is 24.3 Å². The van der Waals surface area contributed by atoms with E-state index < -0.39 is 5.25 Å². The van der Waals surface area contributed by atoms with Crippen LogP contribution in [0.1, 0.15) is 12.5 Å². The number of aromatic nitrogens is 2. The number of nitrogens with one attached hydrogen (secondary N) is 2. The minimum absolute atomic E-state index is 0.225. The molecule has 8 heteroatoms. The van der Waals surface area contributed by atoms with Gasteiger partial charge in [0.15, 0.2) is 5.16 Å². The number of anilines is 1. The predicted octanol–water partition coefficient (Wildman–Crippen LogP) is 3.55. The molecule has 0 fully saturated rings. The van der Waals surface area contributed by atoms with Gasteiger partial charge in [0.1, 0.15) is 10.6 Å². The highest BCUT2D eigenvalue weighted by Crippen LogP contribution is 2.23. The molecule has 0 radical (unpaired) electrons. The first-order chi connectivity index (χ1) is 11.4. The van der Waals surface area contributed by atoms with Gasteiger partial charge >= 0.3 is 0 Å². The lowest BCUT2D eigenvalue weighted by atomic mass is 10.2. The molecule has 124 valence electrons. The summed E-state index contributed by atoms with van der Waals surface area (Å²) in [6.45, 7) is 3.35. The second-order valence-electron chi connectivity index (χ2n) is 5.22. The normalized spacial score (nSPS) is 12.3. The first-order valence-corrected chi connectivity index (χ1v) is 8.91. The van der Waals surface area contributed by atoms with Gasteiger partial charge in [-0.05, 0) is 43.0 Å². The van der Waals surface area contributed by atoms with Gasteiger partial charge in [0, 0.05) is 5.69 Å². The van der Waals surface area contributed by atoms with Gasteiger partial charge in [0.05, 0.1) is 10.6 Å². The lowest BCUT2D eigenvalue weighted by Crippen LogP contribution is -2.23. The number of aryl methyl sites for hydroxylation is 1. The van der Waals surface area contributed by atoms with Crippen LogP contribution in [0.2, 0.25) is 0 Å². The Morgan fingerprint density at radius 1 is 1.42 bits per heavy atom. The third-order valence-corrected chi connectivity index (χ3v) is 5.20. The summed E-state index contributed by atoms with van der Waals surface area (Å²) < 4.78 is 13.5. The Labute approximate surface area is 145 Å². The maximum Gasteiger partial charge on any atom is 0.260 e. The standard InChI is InChI=1S/C16H14FN3O2S2/c1-8-3-4-10(7-12(8)17)18-13(21)9(2)24-16-19-14(22)11-5-6-23-15(11)20-16/h3-7,9H,1-2H3,(H,18,21)(H,19,20,22)/t9-/m0/s1. The van der Waals surface area contributed by atoms with Gasteiger partial charge < -0.3 is 10.3 Å². The fourth-order valence-corrected chi connectivity index (χ4v) is 3.66. The molecule has 1 amide bonds. The lowest BCUT2D eigenvalue weighted by molar-refractivity contribution is -0.115. The number of halogens is 1. The fourth-order valence-electron chi connectivity index (χ4n) is 2.04. The Morgan fingerprint density at radius 2 is 2.21 bits per heavy atom. The van der Waals surface area contributed by atoms with Crippen LogP contribution in [0, 0.1) is 12.7 Å². The van der Waals surface area contributed by atoms with Crippen LogP contribution < -0.4 is 10.9 Å². The van der Waals surface area contributed by atoms with Crippen molar-refractivity contribution < 1.29 is 9.18 Å². The summed E-state index contributed by atoms with van der Waals surface area (Å²) in [6.07, 6.45) is 0. The summed E-state index contributed by atoms with van der Waals surface area (Å²) in [5, 5.41) is 4.87. The van der Waals surface area contributed by atoms with E-state index >= 15 is 0 Å². The zero-order valence-corrected chi connectivity index (χ0v) is 14.6. The van der Waals surface area contributed by atoms with Crippen LogP contribution in [0.5, 0.6) is 0 Å². The van der Waals surface area contributed by atoms with Crippen molar-refractivity contribution in [1.82, 2.24) is 9.97 Å². The molecule has 2 N–H and O–H groups in total. The highest BCUT2D eigenvalue weighted by atomic mass is 32.2. The molecule has 2 heterocycles. The molecule has 2 aromatic heterocycles. The molecule has 3 aromatic rings. The average Bonchev–Trinajstić information content (AvgIpc) is 3.00. The Balaban J connectivity index is 1.73. The summed E-state index contributed by atoms with van der Waals surface area (Å²) in [5.41, 5.74) is 0.684. The van der Waals surface area contributed by atoms with Crippen molar-refractivity contribution in [2.75, 3.05) is 5.32 Å². The molecule has 0 bridgehead atoms. The first-order valence-electron chi connectivity index (χ1n) is 7.15. The molecule has 0 aliphatic rings. The third-order valence-electron chi connectivity index (χ3n) is 3.41. The van der Waals surface area contributed by atoms with Gasteiger partial charge in [-0.2, -0.15) is 0 Å². The maximum absolute atomic E-state index is 13.5. The summed E-state index contributed by atoms with van der Waals surface area (Å²) in [7, 11) is 0. The number of thiophene rings is 1. The highest BCUT2D eigenvalue weighted by Gasteiger charge is 2.17. The van der Waals surface area contributed by atoms with E-state index in [9.17, 15) is 14.0 Å². The Morgan fingerprint density at radius 3 is 2.96 bits per heavy atom. The van der Waals surface area contributed by atoms with Crippen LogP contribution in [0.15, 0.2) is 39.6 Å².